The van der Waals surface area contributed by atoms with Crippen LogP contribution >= 0.6 is 0 Å². The van der Waals surface area contributed by atoms with E-state index in [4.69, 9.17) is 0 Å². The summed E-state index contributed by atoms with van der Waals surface area (Å²) in [6.07, 6.45) is 6.14. The Bertz CT molecular complexity index is 341. The molecule has 1 aromatic heterocycles. The molecule has 1 aromatic rings. The van der Waals surface area contributed by atoms with Crippen molar-refractivity contribution in [3.05, 3.63) is 11.9 Å². The van der Waals surface area contributed by atoms with Crippen molar-refractivity contribution in [3.8, 4) is 0 Å². The molecule has 0 spiro atoms. The molecule has 18 heavy (non-hydrogen) atoms. The van der Waals surface area contributed by atoms with Crippen LogP contribution in [0.4, 0.5) is 0 Å². The van der Waals surface area contributed by atoms with Gasteiger partial charge in [0, 0.05) is 25.3 Å². The molecule has 1 aliphatic rings. The quantitative estimate of drug-likeness (QED) is 0.827. The first kappa shape index (κ1) is 13.5. The summed E-state index contributed by atoms with van der Waals surface area (Å²) in [6, 6.07) is 0.489. The maximum atomic E-state index is 4.18. The molecule has 2 rings (SSSR count). The van der Waals surface area contributed by atoms with Crippen LogP contribution < -0.4 is 5.32 Å². The van der Waals surface area contributed by atoms with Gasteiger partial charge in [0.15, 0.2) is 0 Å². The SMILES string of the molecule is CC(C)NCc1cn(CCN2CCCCC2)nn1. The Labute approximate surface area is 110 Å². The van der Waals surface area contributed by atoms with Gasteiger partial charge < -0.3 is 10.2 Å². The molecule has 5 nitrogen and oxygen atoms in total. The van der Waals surface area contributed by atoms with Crippen molar-refractivity contribution in [2.75, 3.05) is 19.6 Å². The fourth-order valence-corrected chi connectivity index (χ4v) is 2.26. The second kappa shape index (κ2) is 6.85. The Hall–Kier alpha value is -0.940. The molecule has 1 aliphatic heterocycles. The second-order valence-electron chi connectivity index (χ2n) is 5.41. The predicted molar refractivity (Wildman–Crippen MR) is 72.3 cm³/mol. The number of aromatic nitrogens is 3. The van der Waals surface area contributed by atoms with Crippen LogP contribution in [0.15, 0.2) is 6.20 Å². The van der Waals surface area contributed by atoms with Crippen LogP contribution in [0.1, 0.15) is 38.8 Å². The average Bonchev–Trinajstić information content (AvgIpc) is 2.83. The van der Waals surface area contributed by atoms with E-state index in [1.54, 1.807) is 0 Å². The zero-order chi connectivity index (χ0) is 12.8. The van der Waals surface area contributed by atoms with Gasteiger partial charge in [0.05, 0.1) is 12.2 Å². The Morgan fingerprint density at radius 2 is 2.00 bits per heavy atom. The lowest BCUT2D eigenvalue weighted by Gasteiger charge is -2.25. The second-order valence-corrected chi connectivity index (χ2v) is 5.41. The smallest absolute Gasteiger partial charge is 0.0964 e. The van der Waals surface area contributed by atoms with Gasteiger partial charge in [-0.2, -0.15) is 0 Å². The highest BCUT2D eigenvalue weighted by Crippen LogP contribution is 2.08. The molecule has 0 bridgehead atoms. The minimum atomic E-state index is 0.489. The highest BCUT2D eigenvalue weighted by molar-refractivity contribution is 4.91. The molecular formula is C13H25N5. The Balaban J connectivity index is 1.72. The standard InChI is InChI=1S/C13H25N5/c1-12(2)14-10-13-11-18(16-15-13)9-8-17-6-4-3-5-7-17/h11-12,14H,3-10H2,1-2H3. The van der Waals surface area contributed by atoms with E-state index in [0.717, 1.165) is 25.3 Å². The van der Waals surface area contributed by atoms with Gasteiger partial charge in [0.2, 0.25) is 0 Å². The third-order valence-electron chi connectivity index (χ3n) is 3.37. The minimum absolute atomic E-state index is 0.489. The summed E-state index contributed by atoms with van der Waals surface area (Å²) in [5.41, 5.74) is 1.03. The molecule has 0 aliphatic carbocycles. The number of nitrogens with zero attached hydrogens (tertiary/aromatic N) is 4. The molecule has 5 heteroatoms. The van der Waals surface area contributed by atoms with Gasteiger partial charge in [-0.25, -0.2) is 0 Å². The lowest BCUT2D eigenvalue weighted by atomic mass is 10.1. The summed E-state index contributed by atoms with van der Waals surface area (Å²) in [5, 5.41) is 11.7. The summed E-state index contributed by atoms with van der Waals surface area (Å²) in [4.78, 5) is 2.53. The number of nitrogens with one attached hydrogen (secondary N) is 1. The molecule has 0 radical (unpaired) electrons. The van der Waals surface area contributed by atoms with Crippen LogP contribution in [0.25, 0.3) is 0 Å². The topological polar surface area (TPSA) is 46.0 Å². The van der Waals surface area contributed by atoms with E-state index >= 15 is 0 Å². The van der Waals surface area contributed by atoms with Gasteiger partial charge in [-0.3, -0.25) is 4.68 Å². The average molecular weight is 251 g/mol. The van der Waals surface area contributed by atoms with Crippen molar-refractivity contribution in [2.45, 2.75) is 52.2 Å². The first-order chi connectivity index (χ1) is 8.74. The van der Waals surface area contributed by atoms with Crippen molar-refractivity contribution in [1.29, 1.82) is 0 Å². The largest absolute Gasteiger partial charge is 0.309 e. The Morgan fingerprint density at radius 3 is 2.72 bits per heavy atom. The van der Waals surface area contributed by atoms with Crippen LogP contribution in [0.2, 0.25) is 0 Å². The highest BCUT2D eigenvalue weighted by Gasteiger charge is 2.10. The van der Waals surface area contributed by atoms with Crippen LogP contribution in [0.5, 0.6) is 0 Å². The highest BCUT2D eigenvalue weighted by atomic mass is 15.4. The zero-order valence-electron chi connectivity index (χ0n) is 11.6. The van der Waals surface area contributed by atoms with Gasteiger partial charge >= 0.3 is 0 Å². The van der Waals surface area contributed by atoms with Crippen molar-refractivity contribution < 1.29 is 0 Å². The number of hydrogen-bond donors (Lipinski definition) is 1. The molecular weight excluding hydrogens is 226 g/mol. The fourth-order valence-electron chi connectivity index (χ4n) is 2.26. The van der Waals surface area contributed by atoms with Crippen molar-refractivity contribution >= 4 is 0 Å². The maximum Gasteiger partial charge on any atom is 0.0964 e. The first-order valence-corrected chi connectivity index (χ1v) is 7.09. The Morgan fingerprint density at radius 1 is 1.22 bits per heavy atom. The number of piperidine rings is 1. The fraction of sp³-hybridized carbons (Fsp3) is 0.846. The molecule has 0 aromatic carbocycles. The molecule has 0 unspecified atom stereocenters. The van der Waals surface area contributed by atoms with Gasteiger partial charge in [-0.05, 0) is 25.9 Å². The number of hydrogen-bond acceptors (Lipinski definition) is 4. The lowest BCUT2D eigenvalue weighted by molar-refractivity contribution is 0.217. The summed E-state index contributed by atoms with van der Waals surface area (Å²) in [6.45, 7) is 9.63. The zero-order valence-corrected chi connectivity index (χ0v) is 11.6. The van der Waals surface area contributed by atoms with Crippen LogP contribution in [0, 0.1) is 0 Å². The molecule has 1 fully saturated rings. The number of rotatable bonds is 6. The van der Waals surface area contributed by atoms with E-state index in [-0.39, 0.29) is 0 Å². The molecule has 0 saturated carbocycles. The third-order valence-corrected chi connectivity index (χ3v) is 3.37. The van der Waals surface area contributed by atoms with E-state index in [1.165, 1.54) is 32.4 Å². The van der Waals surface area contributed by atoms with E-state index in [2.05, 4.69) is 40.6 Å². The van der Waals surface area contributed by atoms with Gasteiger partial charge in [-0.1, -0.05) is 25.5 Å². The van der Waals surface area contributed by atoms with Crippen molar-refractivity contribution in [2.24, 2.45) is 0 Å². The van der Waals surface area contributed by atoms with Gasteiger partial charge in [0.1, 0.15) is 0 Å². The van der Waals surface area contributed by atoms with E-state index in [1.807, 2.05) is 4.68 Å². The summed E-state index contributed by atoms with van der Waals surface area (Å²) < 4.78 is 1.96. The summed E-state index contributed by atoms with van der Waals surface area (Å²) in [5.74, 6) is 0. The van der Waals surface area contributed by atoms with Gasteiger partial charge in [-0.15, -0.1) is 5.10 Å². The first-order valence-electron chi connectivity index (χ1n) is 7.09. The normalized spacial score (nSPS) is 17.5. The van der Waals surface area contributed by atoms with Crippen LogP contribution in [0.3, 0.4) is 0 Å². The third kappa shape index (κ3) is 4.38. The molecule has 0 atom stereocenters. The molecule has 1 saturated heterocycles. The lowest BCUT2D eigenvalue weighted by Crippen LogP contribution is -2.32. The summed E-state index contributed by atoms with van der Waals surface area (Å²) in [7, 11) is 0. The van der Waals surface area contributed by atoms with Crippen molar-refractivity contribution in [1.82, 2.24) is 25.2 Å². The maximum absolute atomic E-state index is 4.18. The molecule has 0 amide bonds. The van der Waals surface area contributed by atoms with E-state index in [0.29, 0.717) is 6.04 Å². The minimum Gasteiger partial charge on any atom is -0.309 e. The molecule has 1 N–H and O–H groups in total. The monoisotopic (exact) mass is 251 g/mol. The van der Waals surface area contributed by atoms with Crippen molar-refractivity contribution in [3.63, 3.8) is 0 Å². The summed E-state index contributed by atoms with van der Waals surface area (Å²) >= 11 is 0. The van der Waals surface area contributed by atoms with E-state index in [9.17, 15) is 0 Å². The van der Waals surface area contributed by atoms with E-state index < -0.39 is 0 Å². The van der Waals surface area contributed by atoms with Crippen LogP contribution in [-0.4, -0.2) is 45.6 Å². The molecule has 2 heterocycles. The Kier molecular flexibility index (Phi) is 5.13. The predicted octanol–water partition coefficient (Wildman–Crippen LogP) is 1.26. The molecule has 102 valence electrons. The number of likely N-dealkylation sites (tertiary alicyclic amines) is 1. The van der Waals surface area contributed by atoms with Crippen LogP contribution in [-0.2, 0) is 13.1 Å². The van der Waals surface area contributed by atoms with Gasteiger partial charge in [0.25, 0.3) is 0 Å².